The van der Waals surface area contributed by atoms with Crippen LogP contribution in [0.15, 0.2) is 64.7 Å². The minimum absolute atomic E-state index is 0.0808. The molecule has 0 aliphatic rings. The number of ether oxygens (including phenoxy) is 1. The van der Waals surface area contributed by atoms with Crippen LogP contribution in [0.25, 0.3) is 16.3 Å². The normalized spacial score (nSPS) is 10.8. The Bertz CT molecular complexity index is 1160. The molecule has 7 heteroatoms. The van der Waals surface area contributed by atoms with E-state index in [0.29, 0.717) is 11.1 Å². The molecular weight excluding hydrogens is 388 g/mol. The number of ketones is 1. The van der Waals surface area contributed by atoms with Gasteiger partial charge in [-0.25, -0.2) is 9.78 Å². The second-order valence-electron chi connectivity index (χ2n) is 6.46. The minimum Gasteiger partial charge on any atom is -0.457 e. The van der Waals surface area contributed by atoms with Gasteiger partial charge in [0.05, 0.1) is 6.26 Å². The lowest BCUT2D eigenvalue weighted by atomic mass is 10.1. The summed E-state index contributed by atoms with van der Waals surface area (Å²) in [4.78, 5) is 29.5. The topological polar surface area (TPSA) is 74.3 Å². The zero-order chi connectivity index (χ0) is 20.4. The number of aryl methyl sites for hydroxylation is 1. The molecule has 3 heterocycles. The van der Waals surface area contributed by atoms with E-state index >= 15 is 0 Å². The van der Waals surface area contributed by atoms with Gasteiger partial charge in [0, 0.05) is 34.1 Å². The number of Topliss-reactive ketones (excluding diaryl/α,β-unsaturated/α-hetero) is 1. The number of furan rings is 1. The lowest BCUT2D eigenvalue weighted by Crippen LogP contribution is -2.15. The second kappa shape index (κ2) is 7.89. The van der Waals surface area contributed by atoms with Crippen molar-refractivity contribution in [3.8, 4) is 16.3 Å². The highest BCUT2D eigenvalue weighted by atomic mass is 32.1. The number of rotatable bonds is 6. The summed E-state index contributed by atoms with van der Waals surface area (Å²) in [5.74, 6) is -0.865. The van der Waals surface area contributed by atoms with Gasteiger partial charge in [0.25, 0.3) is 0 Å². The van der Waals surface area contributed by atoms with Gasteiger partial charge in [-0.1, -0.05) is 30.3 Å². The molecule has 0 saturated heterocycles. The van der Waals surface area contributed by atoms with Crippen LogP contribution in [0.4, 0.5) is 0 Å². The fourth-order valence-corrected chi connectivity index (χ4v) is 4.00. The Hall–Kier alpha value is -3.45. The smallest absolute Gasteiger partial charge is 0.375 e. The first kappa shape index (κ1) is 18.9. The molecule has 3 aromatic heterocycles. The fraction of sp³-hybridized carbons (Fsp3) is 0.136. The van der Waals surface area contributed by atoms with E-state index in [2.05, 4.69) is 4.98 Å². The third-order valence-corrected chi connectivity index (χ3v) is 5.37. The van der Waals surface area contributed by atoms with Gasteiger partial charge < -0.3 is 9.15 Å². The summed E-state index contributed by atoms with van der Waals surface area (Å²) >= 11 is 1.49. The van der Waals surface area contributed by atoms with E-state index in [0.717, 1.165) is 22.1 Å². The summed E-state index contributed by atoms with van der Waals surface area (Å²) in [6.07, 6.45) is 3.15. The molecule has 1 aromatic carbocycles. The van der Waals surface area contributed by atoms with Gasteiger partial charge in [-0.2, -0.15) is 0 Å². The summed E-state index contributed by atoms with van der Waals surface area (Å²) in [5.41, 5.74) is 3.63. The van der Waals surface area contributed by atoms with Crippen molar-refractivity contribution in [3.63, 3.8) is 0 Å². The van der Waals surface area contributed by atoms with Gasteiger partial charge in [-0.15, -0.1) is 11.3 Å². The molecule has 146 valence electrons. The highest BCUT2D eigenvalue weighted by Gasteiger charge is 2.22. The zero-order valence-corrected chi connectivity index (χ0v) is 16.7. The number of nitrogens with zero attached hydrogens (tertiary/aromatic N) is 2. The van der Waals surface area contributed by atoms with Crippen molar-refractivity contribution in [2.75, 3.05) is 6.61 Å². The van der Waals surface area contributed by atoms with Crippen LogP contribution in [0.3, 0.4) is 0 Å². The van der Waals surface area contributed by atoms with Crippen LogP contribution in [0.5, 0.6) is 0 Å². The molecule has 4 aromatic rings. The Morgan fingerprint density at radius 1 is 1.17 bits per heavy atom. The monoisotopic (exact) mass is 406 g/mol. The summed E-state index contributed by atoms with van der Waals surface area (Å²) < 4.78 is 12.5. The van der Waals surface area contributed by atoms with Gasteiger partial charge in [0.15, 0.2) is 11.7 Å². The lowest BCUT2D eigenvalue weighted by Gasteiger charge is -2.06. The maximum atomic E-state index is 12.7. The van der Waals surface area contributed by atoms with Gasteiger partial charge in [-0.05, 0) is 31.5 Å². The lowest BCUT2D eigenvalue weighted by molar-refractivity contribution is 0.0445. The molecule has 6 nitrogen and oxygen atoms in total. The van der Waals surface area contributed by atoms with Crippen molar-refractivity contribution in [3.05, 3.63) is 83.0 Å². The summed E-state index contributed by atoms with van der Waals surface area (Å²) in [5, 5.41) is 2.67. The molecule has 0 unspecified atom stereocenters. The van der Waals surface area contributed by atoms with Crippen LogP contribution in [-0.2, 0) is 4.74 Å². The van der Waals surface area contributed by atoms with Crippen molar-refractivity contribution in [2.24, 2.45) is 0 Å². The molecule has 0 aliphatic heterocycles. The number of hydrogen-bond donors (Lipinski definition) is 0. The molecule has 0 atom stereocenters. The standard InChI is InChI=1S/C22H18N2O4S/c1-14-12-18(15(2)24(14)22-23-9-11-29-22)19(25)13-28-21(26)20-17(8-10-27-20)16-6-4-3-5-7-16/h3-12H,13H2,1-2H3. The Kier molecular flexibility index (Phi) is 5.14. The predicted octanol–water partition coefficient (Wildman–Crippen LogP) is 4.85. The maximum Gasteiger partial charge on any atom is 0.375 e. The predicted molar refractivity (Wildman–Crippen MR) is 110 cm³/mol. The highest BCUT2D eigenvalue weighted by molar-refractivity contribution is 7.12. The van der Waals surface area contributed by atoms with Crippen LogP contribution in [0.1, 0.15) is 32.3 Å². The zero-order valence-electron chi connectivity index (χ0n) is 15.9. The molecule has 0 radical (unpaired) electrons. The second-order valence-corrected chi connectivity index (χ2v) is 7.34. The molecule has 0 fully saturated rings. The number of thiazole rings is 1. The number of carbonyl (C=O) groups is 2. The molecular formula is C22H18N2O4S. The largest absolute Gasteiger partial charge is 0.457 e. The molecule has 0 aliphatic carbocycles. The van der Waals surface area contributed by atoms with E-state index in [9.17, 15) is 9.59 Å². The van der Waals surface area contributed by atoms with E-state index < -0.39 is 5.97 Å². The molecule has 0 N–H and O–H groups in total. The minimum atomic E-state index is -0.670. The van der Waals surface area contributed by atoms with E-state index in [-0.39, 0.29) is 18.2 Å². The molecule has 0 amide bonds. The van der Waals surface area contributed by atoms with Gasteiger partial charge in [-0.3, -0.25) is 9.36 Å². The summed E-state index contributed by atoms with van der Waals surface area (Å²) in [7, 11) is 0. The molecule has 0 bridgehead atoms. The van der Waals surface area contributed by atoms with E-state index in [1.54, 1.807) is 18.3 Å². The van der Waals surface area contributed by atoms with Crippen molar-refractivity contribution in [1.82, 2.24) is 9.55 Å². The highest BCUT2D eigenvalue weighted by Crippen LogP contribution is 2.26. The van der Waals surface area contributed by atoms with Crippen LogP contribution in [0.2, 0.25) is 0 Å². The number of aromatic nitrogens is 2. The summed E-state index contributed by atoms with van der Waals surface area (Å²) in [6.45, 7) is 3.39. The maximum absolute atomic E-state index is 12.7. The van der Waals surface area contributed by atoms with Gasteiger partial charge in [0.1, 0.15) is 0 Å². The number of carbonyl (C=O) groups excluding carboxylic acids is 2. The van der Waals surface area contributed by atoms with Crippen molar-refractivity contribution in [2.45, 2.75) is 13.8 Å². The average Bonchev–Trinajstić information content (AvgIpc) is 3.47. The number of hydrogen-bond acceptors (Lipinski definition) is 6. The van der Waals surface area contributed by atoms with Crippen LogP contribution >= 0.6 is 11.3 Å². The number of benzene rings is 1. The average molecular weight is 406 g/mol. The first-order chi connectivity index (χ1) is 14.1. The van der Waals surface area contributed by atoms with Crippen molar-refractivity contribution < 1.29 is 18.7 Å². The van der Waals surface area contributed by atoms with E-state index in [4.69, 9.17) is 9.15 Å². The third kappa shape index (κ3) is 3.64. The van der Waals surface area contributed by atoms with Gasteiger partial charge in [0.2, 0.25) is 11.5 Å². The molecule has 4 rings (SSSR count). The number of esters is 1. The van der Waals surface area contributed by atoms with Crippen LogP contribution in [-0.4, -0.2) is 27.9 Å². The van der Waals surface area contributed by atoms with E-state index in [1.807, 2.05) is 54.1 Å². The van der Waals surface area contributed by atoms with E-state index in [1.165, 1.54) is 17.6 Å². The Labute approximate surface area is 171 Å². The Morgan fingerprint density at radius 2 is 1.97 bits per heavy atom. The van der Waals surface area contributed by atoms with Crippen LogP contribution in [0, 0.1) is 13.8 Å². The fourth-order valence-electron chi connectivity index (χ4n) is 3.25. The van der Waals surface area contributed by atoms with Gasteiger partial charge >= 0.3 is 5.97 Å². The van der Waals surface area contributed by atoms with Crippen LogP contribution < -0.4 is 0 Å². The Morgan fingerprint density at radius 3 is 2.69 bits per heavy atom. The first-order valence-electron chi connectivity index (χ1n) is 8.98. The quantitative estimate of drug-likeness (QED) is 0.338. The summed E-state index contributed by atoms with van der Waals surface area (Å²) in [6, 6.07) is 12.9. The third-order valence-electron chi connectivity index (χ3n) is 4.61. The molecule has 0 saturated carbocycles. The molecule has 29 heavy (non-hydrogen) atoms. The van der Waals surface area contributed by atoms with Crippen molar-refractivity contribution in [1.29, 1.82) is 0 Å². The Balaban J connectivity index is 1.50. The molecule has 0 spiro atoms. The SMILES string of the molecule is Cc1cc(C(=O)COC(=O)c2occc2-c2ccccc2)c(C)n1-c1nccs1. The first-order valence-corrected chi connectivity index (χ1v) is 9.86. The van der Waals surface area contributed by atoms with Crippen molar-refractivity contribution >= 4 is 23.1 Å².